The van der Waals surface area contributed by atoms with Gasteiger partial charge in [-0.15, -0.1) is 0 Å². The van der Waals surface area contributed by atoms with E-state index in [1.807, 2.05) is 24.3 Å². The number of carboxylic acids is 1. The highest BCUT2D eigenvalue weighted by atomic mass is 32.2. The molecule has 0 radical (unpaired) electrons. The van der Waals surface area contributed by atoms with Crippen LogP contribution in [-0.2, 0) is 32.2 Å². The van der Waals surface area contributed by atoms with Crippen LogP contribution in [0.1, 0.15) is 11.1 Å². The van der Waals surface area contributed by atoms with Crippen molar-refractivity contribution < 1.29 is 27.4 Å². The number of carboxylic acid groups (broad SMARTS) is 1. The van der Waals surface area contributed by atoms with Crippen LogP contribution in [0.4, 0.5) is 4.39 Å². The van der Waals surface area contributed by atoms with E-state index in [0.29, 0.717) is 12.8 Å². The molecule has 26 heavy (non-hydrogen) atoms. The Hall–Kier alpha value is -2.25. The quantitative estimate of drug-likeness (QED) is 0.781. The molecule has 0 amide bonds. The van der Waals surface area contributed by atoms with Gasteiger partial charge in [-0.2, -0.15) is 0 Å². The van der Waals surface area contributed by atoms with Crippen LogP contribution in [0.15, 0.2) is 53.4 Å². The summed E-state index contributed by atoms with van der Waals surface area (Å²) in [6.07, 6.45) is 0.803. The normalized spacial score (nSPS) is 19.7. The second kappa shape index (κ2) is 7.55. The smallest absolute Gasteiger partial charge is 0.329 e. The zero-order chi connectivity index (χ0) is 18.7. The Morgan fingerprint density at radius 1 is 1.08 bits per heavy atom. The highest BCUT2D eigenvalue weighted by Gasteiger charge is 2.38. The van der Waals surface area contributed by atoms with Crippen LogP contribution in [0.3, 0.4) is 0 Å². The van der Waals surface area contributed by atoms with E-state index in [1.54, 1.807) is 0 Å². The molecule has 3 rings (SSSR count). The molecule has 1 aliphatic rings. The summed E-state index contributed by atoms with van der Waals surface area (Å²) in [5.41, 5.74) is 2.00. The predicted molar refractivity (Wildman–Crippen MR) is 93.2 cm³/mol. The molecule has 7 heteroatoms. The van der Waals surface area contributed by atoms with Gasteiger partial charge in [0.25, 0.3) is 0 Å². The van der Waals surface area contributed by atoms with Crippen molar-refractivity contribution in [2.75, 3.05) is 13.2 Å². The minimum Gasteiger partial charge on any atom is -0.480 e. The Balaban J connectivity index is 1.92. The van der Waals surface area contributed by atoms with Crippen LogP contribution < -0.4 is 0 Å². The van der Waals surface area contributed by atoms with Gasteiger partial charge in [-0.05, 0) is 48.2 Å². The van der Waals surface area contributed by atoms with E-state index in [1.165, 1.54) is 12.1 Å². The third-order valence-electron chi connectivity index (χ3n) is 4.65. The Bertz CT molecular complexity index is 892. The fourth-order valence-corrected chi connectivity index (χ4v) is 5.32. The van der Waals surface area contributed by atoms with Gasteiger partial charge >= 0.3 is 5.97 Å². The number of rotatable bonds is 6. The number of carbonyl (C=O) groups is 1. The maximum atomic E-state index is 13.2. The highest BCUT2D eigenvalue weighted by molar-refractivity contribution is 7.92. The van der Waals surface area contributed by atoms with Crippen LogP contribution in [-0.4, -0.2) is 38.0 Å². The molecule has 0 fully saturated rings. The van der Waals surface area contributed by atoms with Crippen molar-refractivity contribution in [2.45, 2.75) is 23.0 Å². The third-order valence-corrected chi connectivity index (χ3v) is 6.92. The number of sulfone groups is 1. The van der Waals surface area contributed by atoms with Crippen LogP contribution in [0.25, 0.3) is 0 Å². The molecule has 2 aromatic rings. The topological polar surface area (TPSA) is 80.7 Å². The summed E-state index contributed by atoms with van der Waals surface area (Å²) in [7, 11) is -3.72. The van der Waals surface area contributed by atoms with E-state index in [0.717, 1.165) is 23.3 Å². The van der Waals surface area contributed by atoms with Crippen molar-refractivity contribution >= 4 is 15.8 Å². The summed E-state index contributed by atoms with van der Waals surface area (Å²) in [5, 5.41) is 8.00. The van der Waals surface area contributed by atoms with Crippen molar-refractivity contribution in [3.63, 3.8) is 0 Å². The summed E-state index contributed by atoms with van der Waals surface area (Å²) in [6, 6.07) is 12.4. The van der Waals surface area contributed by atoms with Gasteiger partial charge in [-0.3, -0.25) is 0 Å². The summed E-state index contributed by atoms with van der Waals surface area (Å²) in [5.74, 6) is -1.97. The number of ether oxygens (including phenoxy) is 1. The minimum atomic E-state index is -3.72. The van der Waals surface area contributed by atoms with Gasteiger partial charge in [0.1, 0.15) is 12.4 Å². The van der Waals surface area contributed by atoms with Crippen LogP contribution >= 0.6 is 0 Å². The van der Waals surface area contributed by atoms with Crippen LogP contribution in [0, 0.1) is 11.7 Å². The van der Waals surface area contributed by atoms with Crippen molar-refractivity contribution in [3.05, 3.63) is 65.5 Å². The second-order valence-corrected chi connectivity index (χ2v) is 8.55. The van der Waals surface area contributed by atoms with E-state index in [4.69, 9.17) is 9.84 Å². The van der Waals surface area contributed by atoms with Gasteiger partial charge in [0.15, 0.2) is 9.84 Å². The first-order valence-corrected chi connectivity index (χ1v) is 9.78. The van der Waals surface area contributed by atoms with E-state index in [9.17, 15) is 17.6 Å². The molecule has 2 aromatic carbocycles. The monoisotopic (exact) mass is 378 g/mol. The highest BCUT2D eigenvalue weighted by Crippen LogP contribution is 2.33. The largest absolute Gasteiger partial charge is 0.480 e. The fourth-order valence-electron chi connectivity index (χ4n) is 3.38. The molecule has 138 valence electrons. The maximum absolute atomic E-state index is 13.2. The maximum Gasteiger partial charge on any atom is 0.329 e. The lowest BCUT2D eigenvalue weighted by Crippen LogP contribution is -2.39. The number of hydrogen-bond acceptors (Lipinski definition) is 4. The average molecular weight is 378 g/mol. The Kier molecular flexibility index (Phi) is 5.38. The third kappa shape index (κ3) is 3.94. The lowest BCUT2D eigenvalue weighted by molar-refractivity contribution is -0.142. The fraction of sp³-hybridized carbons (Fsp3) is 0.316. The molecule has 0 saturated heterocycles. The standard InChI is InChI=1S/C19H19FO5S/c20-16-5-7-17(8-6-16)26(23,24)18-10-14-4-2-1-3-13(14)9-15(18)11-25-12-19(21)22/h1-8,15,18H,9-12H2,(H,21,22). The minimum absolute atomic E-state index is 0.0335. The predicted octanol–water partition coefficient (Wildman–Crippen LogP) is 2.48. The van der Waals surface area contributed by atoms with Crippen LogP contribution in [0.5, 0.6) is 0 Å². The molecule has 1 N–H and O–H groups in total. The van der Waals surface area contributed by atoms with Crippen LogP contribution in [0.2, 0.25) is 0 Å². The molecule has 0 bridgehead atoms. The first kappa shape index (κ1) is 18.5. The lowest BCUT2D eigenvalue weighted by atomic mass is 9.84. The number of fused-ring (bicyclic) bond motifs is 1. The first-order chi connectivity index (χ1) is 12.4. The van der Waals surface area contributed by atoms with Gasteiger partial charge in [-0.25, -0.2) is 17.6 Å². The zero-order valence-electron chi connectivity index (χ0n) is 14.0. The summed E-state index contributed by atoms with van der Waals surface area (Å²) in [6.45, 7) is -0.437. The van der Waals surface area contributed by atoms with E-state index in [2.05, 4.69) is 0 Å². The Morgan fingerprint density at radius 2 is 1.69 bits per heavy atom. The van der Waals surface area contributed by atoms with Gasteiger partial charge in [0.2, 0.25) is 0 Å². The van der Waals surface area contributed by atoms with E-state index >= 15 is 0 Å². The van der Waals surface area contributed by atoms with Crippen molar-refractivity contribution in [1.29, 1.82) is 0 Å². The van der Waals surface area contributed by atoms with Gasteiger partial charge in [-0.1, -0.05) is 24.3 Å². The van der Waals surface area contributed by atoms with Crippen molar-refractivity contribution in [1.82, 2.24) is 0 Å². The second-order valence-electron chi connectivity index (χ2n) is 6.38. The van der Waals surface area contributed by atoms with E-state index < -0.39 is 33.5 Å². The SMILES string of the molecule is O=C(O)COCC1Cc2ccccc2CC1S(=O)(=O)c1ccc(F)cc1. The summed E-state index contributed by atoms with van der Waals surface area (Å²) in [4.78, 5) is 10.8. The molecule has 1 aliphatic carbocycles. The Labute approximate surface area is 151 Å². The van der Waals surface area contributed by atoms with Crippen molar-refractivity contribution in [3.8, 4) is 0 Å². The first-order valence-electron chi connectivity index (χ1n) is 8.23. The van der Waals surface area contributed by atoms with Gasteiger partial charge in [0.05, 0.1) is 16.8 Å². The van der Waals surface area contributed by atoms with Gasteiger partial charge in [0, 0.05) is 5.92 Å². The van der Waals surface area contributed by atoms with Crippen molar-refractivity contribution in [2.24, 2.45) is 5.92 Å². The molecule has 0 aromatic heterocycles. The number of aliphatic carboxylic acids is 1. The molecule has 0 heterocycles. The summed E-state index contributed by atoms with van der Waals surface area (Å²) < 4.78 is 44.6. The number of benzene rings is 2. The molecular formula is C19H19FO5S. The summed E-state index contributed by atoms with van der Waals surface area (Å²) >= 11 is 0. The average Bonchev–Trinajstić information content (AvgIpc) is 2.61. The number of hydrogen-bond donors (Lipinski definition) is 1. The van der Waals surface area contributed by atoms with Gasteiger partial charge < -0.3 is 9.84 Å². The molecule has 5 nitrogen and oxygen atoms in total. The molecular weight excluding hydrogens is 359 g/mol. The molecule has 2 atom stereocenters. The zero-order valence-corrected chi connectivity index (χ0v) is 14.8. The molecule has 0 aliphatic heterocycles. The molecule has 0 saturated carbocycles. The number of halogens is 1. The Morgan fingerprint density at radius 3 is 2.31 bits per heavy atom. The molecule has 2 unspecified atom stereocenters. The molecule has 0 spiro atoms. The lowest BCUT2D eigenvalue weighted by Gasteiger charge is -2.32. The van der Waals surface area contributed by atoms with E-state index in [-0.39, 0.29) is 17.4 Å².